The van der Waals surface area contributed by atoms with Crippen LogP contribution in [0.4, 0.5) is 11.4 Å². The van der Waals surface area contributed by atoms with Gasteiger partial charge in [-0.15, -0.1) is 0 Å². The van der Waals surface area contributed by atoms with Crippen molar-refractivity contribution >= 4 is 34.4 Å². The number of fused-ring (bicyclic) bond motifs is 1. The number of unbranched alkanes of at least 4 members (excludes halogenated alkanes) is 2. The van der Waals surface area contributed by atoms with Gasteiger partial charge in [0.15, 0.2) is 5.82 Å². The van der Waals surface area contributed by atoms with Crippen molar-refractivity contribution in [2.75, 3.05) is 18.0 Å². The van der Waals surface area contributed by atoms with Crippen LogP contribution in [0, 0.1) is 20.8 Å². The van der Waals surface area contributed by atoms with Gasteiger partial charge in [0.1, 0.15) is 11.4 Å². The SMILES string of the molecule is CCCCCc1nc2n(c(=O)c1C)N=C(c1ccc(Cl)cc1C)C2=Nc1ccc(N(CC)CC)cc1C. The molecule has 2 heterocycles. The summed E-state index contributed by atoms with van der Waals surface area (Å²) in [6.45, 7) is 14.3. The fourth-order valence-electron chi connectivity index (χ4n) is 4.77. The Morgan fingerprint density at radius 1 is 0.973 bits per heavy atom. The van der Waals surface area contributed by atoms with Crippen LogP contribution in [-0.4, -0.2) is 34.2 Å². The second kappa shape index (κ2) is 11.4. The van der Waals surface area contributed by atoms with Crippen molar-refractivity contribution in [3.8, 4) is 0 Å². The van der Waals surface area contributed by atoms with E-state index in [0.29, 0.717) is 27.8 Å². The highest BCUT2D eigenvalue weighted by atomic mass is 35.5. The minimum Gasteiger partial charge on any atom is -0.372 e. The van der Waals surface area contributed by atoms with Crippen LogP contribution in [0.5, 0.6) is 0 Å². The van der Waals surface area contributed by atoms with Gasteiger partial charge in [0, 0.05) is 34.9 Å². The van der Waals surface area contributed by atoms with E-state index in [-0.39, 0.29) is 5.56 Å². The molecule has 0 fully saturated rings. The zero-order valence-corrected chi connectivity index (χ0v) is 23.5. The van der Waals surface area contributed by atoms with Crippen molar-refractivity contribution in [2.45, 2.75) is 67.2 Å². The number of halogens is 1. The topological polar surface area (TPSA) is 62.9 Å². The molecule has 1 aromatic heterocycles. The van der Waals surface area contributed by atoms with Gasteiger partial charge in [0.25, 0.3) is 5.56 Å². The molecule has 0 atom stereocenters. The first-order chi connectivity index (χ1) is 17.8. The summed E-state index contributed by atoms with van der Waals surface area (Å²) in [5.41, 5.74) is 7.49. The fraction of sp³-hybridized carbons (Fsp3) is 0.400. The summed E-state index contributed by atoms with van der Waals surface area (Å²) in [5, 5.41) is 5.42. The quantitative estimate of drug-likeness (QED) is 0.293. The Balaban J connectivity index is 1.89. The Kier molecular flexibility index (Phi) is 8.28. The molecule has 1 aliphatic rings. The van der Waals surface area contributed by atoms with Crippen molar-refractivity contribution in [1.29, 1.82) is 0 Å². The molecule has 0 N–H and O–H groups in total. The van der Waals surface area contributed by atoms with Crippen LogP contribution in [0.3, 0.4) is 0 Å². The molecule has 0 spiro atoms. The van der Waals surface area contributed by atoms with Crippen LogP contribution in [0.25, 0.3) is 0 Å². The molecular formula is C30H36ClN5O. The van der Waals surface area contributed by atoms with E-state index in [1.807, 2.05) is 38.1 Å². The van der Waals surface area contributed by atoms with Crippen molar-refractivity contribution in [3.63, 3.8) is 0 Å². The summed E-state index contributed by atoms with van der Waals surface area (Å²) in [7, 11) is 0. The van der Waals surface area contributed by atoms with Crippen molar-refractivity contribution in [3.05, 3.63) is 85.5 Å². The van der Waals surface area contributed by atoms with Crippen LogP contribution in [0.1, 0.15) is 73.8 Å². The van der Waals surface area contributed by atoms with Gasteiger partial charge in [-0.2, -0.15) is 9.78 Å². The van der Waals surface area contributed by atoms with Crippen LogP contribution in [0.2, 0.25) is 5.02 Å². The monoisotopic (exact) mass is 517 g/mol. The van der Waals surface area contributed by atoms with E-state index in [9.17, 15) is 4.79 Å². The Morgan fingerprint density at radius 2 is 1.73 bits per heavy atom. The Labute approximate surface area is 224 Å². The van der Waals surface area contributed by atoms with Crippen molar-refractivity contribution in [2.24, 2.45) is 10.1 Å². The first-order valence-electron chi connectivity index (χ1n) is 13.2. The zero-order valence-electron chi connectivity index (χ0n) is 22.7. The fourth-order valence-corrected chi connectivity index (χ4v) is 5.00. The third-order valence-electron chi connectivity index (χ3n) is 7.03. The lowest BCUT2D eigenvalue weighted by molar-refractivity contribution is 0.688. The standard InChI is InChI=1S/C30H36ClN5O/c1-7-10-11-12-26-21(6)30(37)36-29(33-26)28(27(34-36)24-15-13-22(31)17-19(24)4)32-25-16-14-23(18-20(25)5)35(8-2)9-3/h13-18H,7-12H2,1-6H3. The maximum atomic E-state index is 13.4. The lowest BCUT2D eigenvalue weighted by Gasteiger charge is -2.21. The lowest BCUT2D eigenvalue weighted by atomic mass is 10.00. The number of benzene rings is 2. The number of hydrogen-bond acceptors (Lipinski definition) is 5. The molecule has 1 aliphatic heterocycles. The van der Waals surface area contributed by atoms with Crippen LogP contribution >= 0.6 is 11.6 Å². The second-order valence-corrected chi connectivity index (χ2v) is 10.0. The molecule has 37 heavy (non-hydrogen) atoms. The normalized spacial score (nSPS) is 13.7. The van der Waals surface area contributed by atoms with Gasteiger partial charge in [0.2, 0.25) is 0 Å². The number of aliphatic imine (C=N–C) groups is 1. The van der Waals surface area contributed by atoms with Crippen LogP contribution < -0.4 is 10.5 Å². The van der Waals surface area contributed by atoms with Gasteiger partial charge in [-0.25, -0.2) is 9.98 Å². The number of aromatic nitrogens is 2. The molecule has 7 heteroatoms. The van der Waals surface area contributed by atoms with Crippen LogP contribution in [-0.2, 0) is 6.42 Å². The van der Waals surface area contributed by atoms with Gasteiger partial charge in [-0.3, -0.25) is 4.79 Å². The van der Waals surface area contributed by atoms with Crippen molar-refractivity contribution in [1.82, 2.24) is 9.66 Å². The second-order valence-electron chi connectivity index (χ2n) is 9.59. The summed E-state index contributed by atoms with van der Waals surface area (Å²) in [4.78, 5) is 25.8. The summed E-state index contributed by atoms with van der Waals surface area (Å²) in [5.74, 6) is 0.499. The summed E-state index contributed by atoms with van der Waals surface area (Å²) in [6.07, 6.45) is 3.98. The summed E-state index contributed by atoms with van der Waals surface area (Å²) >= 11 is 6.25. The molecule has 0 bridgehead atoms. The molecule has 0 radical (unpaired) electrons. The number of aryl methyl sites for hydroxylation is 3. The van der Waals surface area contributed by atoms with Gasteiger partial charge >= 0.3 is 0 Å². The van der Waals surface area contributed by atoms with Gasteiger partial charge in [0.05, 0.1) is 11.4 Å². The van der Waals surface area contributed by atoms with Crippen molar-refractivity contribution < 1.29 is 0 Å². The molecule has 194 valence electrons. The largest absolute Gasteiger partial charge is 0.372 e. The Bertz CT molecular complexity index is 1430. The highest BCUT2D eigenvalue weighted by molar-refractivity contribution is 6.54. The van der Waals surface area contributed by atoms with E-state index < -0.39 is 0 Å². The maximum absolute atomic E-state index is 13.4. The maximum Gasteiger partial charge on any atom is 0.277 e. The van der Waals surface area contributed by atoms with Gasteiger partial charge < -0.3 is 4.90 Å². The first kappa shape index (κ1) is 26.8. The highest BCUT2D eigenvalue weighted by Gasteiger charge is 2.30. The van der Waals surface area contributed by atoms with Gasteiger partial charge in [-0.05, 0) is 88.9 Å². The average molecular weight is 518 g/mol. The van der Waals surface area contributed by atoms with E-state index in [1.165, 1.54) is 10.4 Å². The van der Waals surface area contributed by atoms with E-state index in [0.717, 1.165) is 66.8 Å². The predicted octanol–water partition coefficient (Wildman–Crippen LogP) is 6.79. The Hall–Kier alpha value is -3.25. The highest BCUT2D eigenvalue weighted by Crippen LogP contribution is 2.28. The lowest BCUT2D eigenvalue weighted by Crippen LogP contribution is -2.25. The molecule has 0 saturated carbocycles. The Morgan fingerprint density at radius 3 is 2.38 bits per heavy atom. The molecule has 0 saturated heterocycles. The summed E-state index contributed by atoms with van der Waals surface area (Å²) < 4.78 is 1.42. The van der Waals surface area contributed by atoms with E-state index in [4.69, 9.17) is 26.7 Å². The molecule has 6 nitrogen and oxygen atoms in total. The van der Waals surface area contributed by atoms with Crippen LogP contribution in [0.15, 0.2) is 51.3 Å². The molecule has 3 aromatic rings. The minimum absolute atomic E-state index is 0.139. The number of rotatable bonds is 9. The number of hydrogen-bond donors (Lipinski definition) is 0. The van der Waals surface area contributed by atoms with Gasteiger partial charge in [-0.1, -0.05) is 37.4 Å². The zero-order chi connectivity index (χ0) is 26.7. The van der Waals surface area contributed by atoms with E-state index in [2.05, 4.69) is 44.7 Å². The average Bonchev–Trinajstić information content (AvgIpc) is 3.22. The number of nitrogens with zero attached hydrogens (tertiary/aromatic N) is 5. The van der Waals surface area contributed by atoms with E-state index in [1.54, 1.807) is 0 Å². The smallest absolute Gasteiger partial charge is 0.277 e. The minimum atomic E-state index is -0.139. The molecule has 0 amide bonds. The van der Waals surface area contributed by atoms with E-state index >= 15 is 0 Å². The summed E-state index contributed by atoms with van der Waals surface area (Å²) in [6, 6.07) is 12.0. The molecule has 0 unspecified atom stereocenters. The molecule has 2 aromatic carbocycles. The third-order valence-corrected chi connectivity index (χ3v) is 7.26. The predicted molar refractivity (Wildman–Crippen MR) is 156 cm³/mol. The molecular weight excluding hydrogens is 482 g/mol. The molecule has 4 rings (SSSR count). The first-order valence-corrected chi connectivity index (χ1v) is 13.6. The number of anilines is 1. The third kappa shape index (κ3) is 5.40. The molecule has 0 aliphatic carbocycles.